The van der Waals surface area contributed by atoms with Gasteiger partial charge in [0, 0.05) is 22.7 Å². The molecule has 1 aliphatic rings. The molecular weight excluding hydrogens is 342 g/mol. The molecule has 3 aromatic rings. The average Bonchev–Trinajstić information content (AvgIpc) is 2.92. The van der Waals surface area contributed by atoms with E-state index in [1.807, 2.05) is 24.3 Å². The molecule has 7 heteroatoms. The number of amides is 2. The normalized spacial score (nSPS) is 12.4. The molecule has 0 saturated heterocycles. The van der Waals surface area contributed by atoms with E-state index < -0.39 is 11.8 Å². The first-order chi connectivity index (χ1) is 13.0. The Bertz CT molecular complexity index is 959. The van der Waals surface area contributed by atoms with Gasteiger partial charge in [-0.2, -0.15) is 0 Å². The van der Waals surface area contributed by atoms with Crippen molar-refractivity contribution in [2.24, 2.45) is 0 Å². The topological polar surface area (TPSA) is 122 Å². The van der Waals surface area contributed by atoms with Crippen molar-refractivity contribution in [1.29, 1.82) is 0 Å². The largest absolute Gasteiger partial charge is 0.399 e. The monoisotopic (exact) mass is 359 g/mol. The molecule has 0 aliphatic carbocycles. The van der Waals surface area contributed by atoms with Crippen LogP contribution in [0, 0.1) is 0 Å². The van der Waals surface area contributed by atoms with Gasteiger partial charge in [-0.25, -0.2) is 0 Å². The number of nitrogen functional groups attached to an aromatic ring is 2. The Hall–Kier alpha value is -4.00. The van der Waals surface area contributed by atoms with E-state index in [0.29, 0.717) is 33.9 Å². The molecule has 4 rings (SSSR count). The van der Waals surface area contributed by atoms with Crippen molar-refractivity contribution in [2.45, 2.75) is 0 Å². The number of rotatable bonds is 4. The Kier molecular flexibility index (Phi) is 3.89. The van der Waals surface area contributed by atoms with E-state index >= 15 is 0 Å². The van der Waals surface area contributed by atoms with Crippen LogP contribution in [0.1, 0.15) is 20.7 Å². The predicted octanol–water partition coefficient (Wildman–Crippen LogP) is 3.22. The number of hydrogen-bond acceptors (Lipinski definition) is 6. The van der Waals surface area contributed by atoms with Gasteiger partial charge in [-0.05, 0) is 60.7 Å². The lowest BCUT2D eigenvalue weighted by Crippen LogP contribution is -2.19. The van der Waals surface area contributed by atoms with Crippen LogP contribution in [-0.2, 0) is 0 Å². The van der Waals surface area contributed by atoms with Gasteiger partial charge in [0.2, 0.25) is 0 Å². The molecule has 1 aliphatic heterocycles. The highest BCUT2D eigenvalue weighted by molar-refractivity contribution is 6.22. The lowest BCUT2D eigenvalue weighted by molar-refractivity contribution is 0.0879. The maximum atomic E-state index is 12.0. The zero-order chi connectivity index (χ0) is 19.0. The summed E-state index contributed by atoms with van der Waals surface area (Å²) in [5.74, 6) is -0.816. The fourth-order valence-electron chi connectivity index (χ4n) is 2.86. The molecule has 134 valence electrons. The Labute approximate surface area is 155 Å². The van der Waals surface area contributed by atoms with Crippen molar-refractivity contribution in [3.8, 4) is 0 Å². The van der Waals surface area contributed by atoms with Crippen molar-refractivity contribution in [1.82, 2.24) is 5.32 Å². The van der Waals surface area contributed by atoms with Crippen molar-refractivity contribution in [2.75, 3.05) is 22.1 Å². The van der Waals surface area contributed by atoms with Gasteiger partial charge in [0.1, 0.15) is 0 Å². The molecule has 0 aromatic heterocycles. The fraction of sp³-hybridized carbons (Fsp3) is 0. The molecule has 3 aromatic carbocycles. The lowest BCUT2D eigenvalue weighted by atomic mass is 10.1. The Morgan fingerprint density at radius 2 is 1.00 bits per heavy atom. The molecule has 7 N–H and O–H groups in total. The number of nitrogens with one attached hydrogen (secondary N) is 3. The van der Waals surface area contributed by atoms with Crippen LogP contribution in [0.4, 0.5) is 34.1 Å². The predicted molar refractivity (Wildman–Crippen MR) is 107 cm³/mol. The summed E-state index contributed by atoms with van der Waals surface area (Å²) >= 11 is 0. The maximum Gasteiger partial charge on any atom is 0.259 e. The van der Waals surface area contributed by atoms with E-state index in [1.54, 1.807) is 36.4 Å². The molecular formula is C20H17N5O2. The smallest absolute Gasteiger partial charge is 0.259 e. The maximum absolute atomic E-state index is 12.0. The first kappa shape index (κ1) is 16.5. The van der Waals surface area contributed by atoms with Crippen molar-refractivity contribution in [3.63, 3.8) is 0 Å². The number of hydrogen-bond donors (Lipinski definition) is 5. The van der Waals surface area contributed by atoms with Gasteiger partial charge in [0.05, 0.1) is 22.5 Å². The van der Waals surface area contributed by atoms with Crippen LogP contribution in [0.25, 0.3) is 0 Å². The third-order valence-electron chi connectivity index (χ3n) is 4.25. The minimum atomic E-state index is -0.408. The molecule has 0 radical (unpaired) electrons. The minimum Gasteiger partial charge on any atom is -0.399 e. The number of carbonyl (C=O) groups excluding carboxylic acids is 2. The van der Waals surface area contributed by atoms with Crippen molar-refractivity contribution < 1.29 is 9.59 Å². The van der Waals surface area contributed by atoms with Crippen LogP contribution >= 0.6 is 0 Å². The zero-order valence-electron chi connectivity index (χ0n) is 14.2. The molecule has 0 spiro atoms. The van der Waals surface area contributed by atoms with Gasteiger partial charge in [-0.1, -0.05) is 0 Å². The Morgan fingerprint density at radius 3 is 1.37 bits per heavy atom. The van der Waals surface area contributed by atoms with E-state index in [9.17, 15) is 9.59 Å². The van der Waals surface area contributed by atoms with Crippen LogP contribution in [0.3, 0.4) is 0 Å². The number of anilines is 6. The Balaban J connectivity index is 1.76. The zero-order valence-corrected chi connectivity index (χ0v) is 14.2. The summed E-state index contributed by atoms with van der Waals surface area (Å²) in [5, 5.41) is 8.84. The quantitative estimate of drug-likeness (QED) is 0.360. The SMILES string of the molecule is Nc1ccc(Nc2cc3c(cc2Nc2ccc(N)cc2)C(=O)NC3=O)cc1. The summed E-state index contributed by atoms with van der Waals surface area (Å²) in [4.78, 5) is 24.0. The van der Waals surface area contributed by atoms with E-state index in [1.165, 1.54) is 0 Å². The molecule has 2 amide bonds. The number of fused-ring (bicyclic) bond motifs is 1. The average molecular weight is 359 g/mol. The van der Waals surface area contributed by atoms with E-state index in [-0.39, 0.29) is 0 Å². The van der Waals surface area contributed by atoms with Gasteiger partial charge in [0.15, 0.2) is 0 Å². The molecule has 0 saturated carbocycles. The highest BCUT2D eigenvalue weighted by atomic mass is 16.2. The highest BCUT2D eigenvalue weighted by Crippen LogP contribution is 2.33. The fourth-order valence-corrected chi connectivity index (χ4v) is 2.86. The summed E-state index contributed by atoms with van der Waals surface area (Å²) in [6.45, 7) is 0. The molecule has 0 bridgehead atoms. The second kappa shape index (κ2) is 6.38. The molecule has 27 heavy (non-hydrogen) atoms. The third-order valence-corrected chi connectivity index (χ3v) is 4.25. The van der Waals surface area contributed by atoms with Crippen molar-refractivity contribution >= 4 is 45.9 Å². The van der Waals surface area contributed by atoms with Crippen LogP contribution in [0.5, 0.6) is 0 Å². The Morgan fingerprint density at radius 1 is 0.630 bits per heavy atom. The number of imide groups is 1. The number of benzene rings is 3. The second-order valence-electron chi connectivity index (χ2n) is 6.22. The van der Waals surface area contributed by atoms with E-state index in [0.717, 1.165) is 11.4 Å². The number of nitrogens with two attached hydrogens (primary N) is 2. The van der Waals surface area contributed by atoms with Gasteiger partial charge in [-0.3, -0.25) is 14.9 Å². The number of carbonyl (C=O) groups is 2. The summed E-state index contributed by atoms with van der Waals surface area (Å²) in [5.41, 5.74) is 16.3. The van der Waals surface area contributed by atoms with Crippen molar-refractivity contribution in [3.05, 3.63) is 71.8 Å². The molecule has 0 atom stereocenters. The molecule has 0 fully saturated rings. The first-order valence-electron chi connectivity index (χ1n) is 8.28. The summed E-state index contributed by atoms with van der Waals surface area (Å²) in [7, 11) is 0. The van der Waals surface area contributed by atoms with Crippen LogP contribution in [-0.4, -0.2) is 11.8 Å². The van der Waals surface area contributed by atoms with Gasteiger partial charge >= 0.3 is 0 Å². The summed E-state index contributed by atoms with van der Waals surface area (Å²) in [6.07, 6.45) is 0. The lowest BCUT2D eigenvalue weighted by Gasteiger charge is -2.16. The third kappa shape index (κ3) is 3.25. The van der Waals surface area contributed by atoms with Crippen LogP contribution < -0.4 is 27.4 Å². The molecule has 0 unspecified atom stereocenters. The molecule has 1 heterocycles. The van der Waals surface area contributed by atoms with Crippen LogP contribution in [0.2, 0.25) is 0 Å². The summed E-state index contributed by atoms with van der Waals surface area (Å²) < 4.78 is 0. The van der Waals surface area contributed by atoms with Gasteiger partial charge in [0.25, 0.3) is 11.8 Å². The highest BCUT2D eigenvalue weighted by Gasteiger charge is 2.28. The standard InChI is InChI=1S/C20H17N5O2/c21-11-1-5-13(6-2-11)23-17-9-15-16(20(27)25-19(15)26)10-18(17)24-14-7-3-12(22)4-8-14/h1-10,23-24H,21-22H2,(H,25,26,27). The second-order valence-corrected chi connectivity index (χ2v) is 6.22. The van der Waals surface area contributed by atoms with Gasteiger partial charge in [-0.15, -0.1) is 0 Å². The minimum absolute atomic E-state index is 0.334. The van der Waals surface area contributed by atoms with E-state index in [4.69, 9.17) is 11.5 Å². The van der Waals surface area contributed by atoms with E-state index in [2.05, 4.69) is 16.0 Å². The summed E-state index contributed by atoms with van der Waals surface area (Å²) in [6, 6.07) is 17.8. The van der Waals surface area contributed by atoms with Crippen LogP contribution in [0.15, 0.2) is 60.7 Å². The first-order valence-corrected chi connectivity index (χ1v) is 8.28. The molecule has 7 nitrogen and oxygen atoms in total. The van der Waals surface area contributed by atoms with Gasteiger partial charge < -0.3 is 22.1 Å².